The zero-order valence-electron chi connectivity index (χ0n) is 10.6. The van der Waals surface area contributed by atoms with Crippen LogP contribution < -0.4 is 0 Å². The maximum Gasteiger partial charge on any atom is 0.248 e. The quantitative estimate of drug-likeness (QED) is 0.841. The van der Waals surface area contributed by atoms with Gasteiger partial charge in [0.15, 0.2) is 0 Å². The van der Waals surface area contributed by atoms with Gasteiger partial charge in [-0.05, 0) is 25.5 Å². The first kappa shape index (κ1) is 13.5. The number of hydrogen-bond acceptors (Lipinski definition) is 4. The lowest BCUT2D eigenvalue weighted by Crippen LogP contribution is -2.35. The molecule has 0 radical (unpaired) electrons. The van der Waals surface area contributed by atoms with Crippen molar-refractivity contribution in [2.75, 3.05) is 32.1 Å². The molecule has 1 fully saturated rings. The van der Waals surface area contributed by atoms with Gasteiger partial charge in [-0.15, -0.1) is 11.8 Å². The number of amides is 1. The molecule has 0 bridgehead atoms. The van der Waals surface area contributed by atoms with Gasteiger partial charge in [0.2, 0.25) is 5.91 Å². The highest BCUT2D eigenvalue weighted by Crippen LogP contribution is 2.34. The normalized spacial score (nSPS) is 20.7. The monoisotopic (exact) mass is 269 g/mol. The van der Waals surface area contributed by atoms with E-state index in [-0.39, 0.29) is 12.5 Å². The number of hydrogen-bond donors (Lipinski definition) is 0. The minimum Gasteiger partial charge on any atom is -0.468 e. The van der Waals surface area contributed by atoms with Crippen LogP contribution in [-0.4, -0.2) is 42.9 Å². The van der Waals surface area contributed by atoms with Crippen LogP contribution in [0.25, 0.3) is 0 Å². The van der Waals surface area contributed by atoms with Crippen LogP contribution in [-0.2, 0) is 9.53 Å². The molecule has 100 valence electrons. The summed E-state index contributed by atoms with van der Waals surface area (Å²) in [5.74, 6) is 2.06. The van der Waals surface area contributed by atoms with Crippen LogP contribution >= 0.6 is 11.8 Å². The van der Waals surface area contributed by atoms with E-state index in [1.807, 2.05) is 35.7 Å². The Bertz CT molecular complexity index is 366. The third-order valence-electron chi connectivity index (χ3n) is 2.98. The Hall–Kier alpha value is -0.940. The summed E-state index contributed by atoms with van der Waals surface area (Å²) in [7, 11) is 0. The zero-order chi connectivity index (χ0) is 12.8. The van der Waals surface area contributed by atoms with E-state index in [2.05, 4.69) is 0 Å². The summed E-state index contributed by atoms with van der Waals surface area (Å²) >= 11 is 1.86. The summed E-state index contributed by atoms with van der Waals surface area (Å²) in [5, 5.41) is 0.366. The molecule has 5 heteroatoms. The third-order valence-corrected chi connectivity index (χ3v) is 4.27. The highest BCUT2D eigenvalue weighted by atomic mass is 32.2. The molecule has 0 N–H and O–H groups in total. The fraction of sp³-hybridized carbons (Fsp3) is 0.615. The van der Waals surface area contributed by atoms with Crippen LogP contribution in [0.2, 0.25) is 0 Å². The molecule has 2 rings (SSSR count). The first-order chi connectivity index (χ1) is 8.81. The van der Waals surface area contributed by atoms with Crippen molar-refractivity contribution in [3.05, 3.63) is 24.2 Å². The molecule has 1 unspecified atom stereocenters. The number of nitrogens with zero attached hydrogens (tertiary/aromatic N) is 1. The molecule has 2 heterocycles. The third kappa shape index (κ3) is 3.53. The summed E-state index contributed by atoms with van der Waals surface area (Å²) in [4.78, 5) is 13.8. The van der Waals surface area contributed by atoms with Crippen LogP contribution in [0, 0.1) is 0 Å². The number of rotatable bonds is 4. The molecule has 1 atom stereocenters. The molecule has 1 aromatic heterocycles. The minimum absolute atomic E-state index is 0.0949. The summed E-state index contributed by atoms with van der Waals surface area (Å²) in [5.41, 5.74) is 0. The Balaban J connectivity index is 1.86. The molecule has 18 heavy (non-hydrogen) atoms. The highest BCUT2D eigenvalue weighted by Gasteiger charge is 2.23. The van der Waals surface area contributed by atoms with E-state index in [1.54, 1.807) is 6.26 Å². The lowest BCUT2D eigenvalue weighted by atomic mass is 10.2. The fourth-order valence-electron chi connectivity index (χ4n) is 2.00. The molecule has 0 aromatic carbocycles. The van der Waals surface area contributed by atoms with E-state index in [4.69, 9.17) is 9.15 Å². The number of carbonyl (C=O) groups excluding carboxylic acids is 1. The second-order valence-corrected chi connectivity index (χ2v) is 5.49. The van der Waals surface area contributed by atoms with Crippen molar-refractivity contribution in [2.45, 2.75) is 18.6 Å². The summed E-state index contributed by atoms with van der Waals surface area (Å²) in [6.45, 7) is 4.27. The first-order valence-corrected chi connectivity index (χ1v) is 7.36. The zero-order valence-corrected chi connectivity index (χ0v) is 11.4. The van der Waals surface area contributed by atoms with Crippen molar-refractivity contribution >= 4 is 17.7 Å². The number of carbonyl (C=O) groups is 1. The lowest BCUT2D eigenvalue weighted by Gasteiger charge is -2.19. The van der Waals surface area contributed by atoms with Crippen LogP contribution in [0.5, 0.6) is 0 Å². The minimum atomic E-state index is 0.0949. The van der Waals surface area contributed by atoms with E-state index in [9.17, 15) is 4.79 Å². The predicted octanol–water partition coefficient (Wildman–Crippen LogP) is 2.32. The van der Waals surface area contributed by atoms with Crippen LogP contribution in [0.1, 0.15) is 24.4 Å². The van der Waals surface area contributed by atoms with Gasteiger partial charge in [-0.2, -0.15) is 0 Å². The van der Waals surface area contributed by atoms with E-state index in [0.29, 0.717) is 11.9 Å². The fourth-order valence-corrected chi connectivity index (χ4v) is 3.18. The molecule has 1 aromatic rings. The van der Waals surface area contributed by atoms with Crippen molar-refractivity contribution in [3.63, 3.8) is 0 Å². The molecule has 1 amide bonds. The molecule has 4 nitrogen and oxygen atoms in total. The van der Waals surface area contributed by atoms with E-state index in [1.165, 1.54) is 0 Å². The van der Waals surface area contributed by atoms with Gasteiger partial charge in [-0.1, -0.05) is 0 Å². The predicted molar refractivity (Wildman–Crippen MR) is 71.6 cm³/mol. The molecule has 0 aliphatic carbocycles. The largest absolute Gasteiger partial charge is 0.468 e. The summed E-state index contributed by atoms with van der Waals surface area (Å²) in [6, 6.07) is 3.92. The summed E-state index contributed by atoms with van der Waals surface area (Å²) < 4.78 is 10.6. The SMILES string of the molecule is CCOCC(=O)N1CCSC(c2ccco2)CC1. The van der Waals surface area contributed by atoms with Gasteiger partial charge in [0, 0.05) is 25.4 Å². The molecule has 1 saturated heterocycles. The van der Waals surface area contributed by atoms with Gasteiger partial charge in [0.25, 0.3) is 0 Å². The smallest absolute Gasteiger partial charge is 0.248 e. The van der Waals surface area contributed by atoms with Crippen LogP contribution in [0.15, 0.2) is 22.8 Å². The van der Waals surface area contributed by atoms with Gasteiger partial charge < -0.3 is 14.1 Å². The van der Waals surface area contributed by atoms with Gasteiger partial charge in [-0.25, -0.2) is 0 Å². The maximum absolute atomic E-state index is 11.9. The molecule has 0 spiro atoms. The number of ether oxygens (including phenoxy) is 1. The van der Waals surface area contributed by atoms with Crippen molar-refractivity contribution in [1.29, 1.82) is 0 Å². The van der Waals surface area contributed by atoms with Gasteiger partial charge in [0.1, 0.15) is 12.4 Å². The maximum atomic E-state index is 11.9. The Labute approximate surface area is 112 Å². The average molecular weight is 269 g/mol. The highest BCUT2D eigenvalue weighted by molar-refractivity contribution is 7.99. The Morgan fingerprint density at radius 2 is 2.50 bits per heavy atom. The summed E-state index contributed by atoms with van der Waals surface area (Å²) in [6.07, 6.45) is 2.65. The van der Waals surface area contributed by atoms with Crippen molar-refractivity contribution in [2.24, 2.45) is 0 Å². The van der Waals surface area contributed by atoms with Crippen LogP contribution in [0.3, 0.4) is 0 Å². The number of thioether (sulfide) groups is 1. The standard InChI is InChI=1S/C13H19NO3S/c1-2-16-10-13(15)14-6-5-12(18-9-7-14)11-4-3-8-17-11/h3-4,8,12H,2,5-7,9-10H2,1H3. The van der Waals surface area contributed by atoms with Crippen molar-refractivity contribution in [3.8, 4) is 0 Å². The van der Waals surface area contributed by atoms with Crippen molar-refractivity contribution < 1.29 is 13.9 Å². The Morgan fingerprint density at radius 1 is 1.61 bits per heavy atom. The first-order valence-electron chi connectivity index (χ1n) is 6.31. The molecule has 1 aliphatic heterocycles. The van der Waals surface area contributed by atoms with Gasteiger partial charge >= 0.3 is 0 Å². The Kier molecular flexibility index (Phi) is 5.13. The Morgan fingerprint density at radius 3 is 3.22 bits per heavy atom. The topological polar surface area (TPSA) is 42.7 Å². The van der Waals surface area contributed by atoms with Gasteiger partial charge in [-0.3, -0.25) is 4.79 Å². The average Bonchev–Trinajstić information content (AvgIpc) is 2.80. The van der Waals surface area contributed by atoms with E-state index < -0.39 is 0 Å². The van der Waals surface area contributed by atoms with E-state index in [0.717, 1.165) is 31.0 Å². The molecule has 1 aliphatic rings. The molecular weight excluding hydrogens is 250 g/mol. The lowest BCUT2D eigenvalue weighted by molar-refractivity contribution is -0.135. The van der Waals surface area contributed by atoms with Gasteiger partial charge in [0.05, 0.1) is 11.5 Å². The van der Waals surface area contributed by atoms with Crippen molar-refractivity contribution in [1.82, 2.24) is 4.90 Å². The van der Waals surface area contributed by atoms with Crippen LogP contribution in [0.4, 0.5) is 0 Å². The molecular formula is C13H19NO3S. The second kappa shape index (κ2) is 6.85. The second-order valence-electron chi connectivity index (χ2n) is 4.18. The number of furan rings is 1. The molecule has 0 saturated carbocycles. The van der Waals surface area contributed by atoms with E-state index >= 15 is 0 Å².